The van der Waals surface area contributed by atoms with E-state index in [9.17, 15) is 5.11 Å². The molecule has 11 heavy (non-hydrogen) atoms. The lowest BCUT2D eigenvalue weighted by Crippen LogP contribution is -1.99. The van der Waals surface area contributed by atoms with Crippen molar-refractivity contribution in [1.29, 1.82) is 0 Å². The van der Waals surface area contributed by atoms with Crippen molar-refractivity contribution in [2.45, 2.75) is 26.4 Å². The molecule has 0 saturated carbocycles. The van der Waals surface area contributed by atoms with Gasteiger partial charge in [-0.1, -0.05) is 13.8 Å². The van der Waals surface area contributed by atoms with Crippen molar-refractivity contribution in [1.82, 2.24) is 0 Å². The Morgan fingerprint density at radius 3 is 2.73 bits per heavy atom. The lowest BCUT2D eigenvalue weighted by atomic mass is 10.0. The van der Waals surface area contributed by atoms with Crippen LogP contribution in [0.15, 0.2) is 23.0 Å². The SMILES string of the molecule is CC(C)CC(O)c1ccoc1. The van der Waals surface area contributed by atoms with Gasteiger partial charge in [-0.05, 0) is 18.4 Å². The molecule has 0 aromatic carbocycles. The second-order valence-corrected chi connectivity index (χ2v) is 3.20. The van der Waals surface area contributed by atoms with E-state index in [2.05, 4.69) is 13.8 Å². The molecule has 2 nitrogen and oxygen atoms in total. The van der Waals surface area contributed by atoms with Gasteiger partial charge < -0.3 is 9.52 Å². The first-order chi connectivity index (χ1) is 5.20. The van der Waals surface area contributed by atoms with Gasteiger partial charge >= 0.3 is 0 Å². The summed E-state index contributed by atoms with van der Waals surface area (Å²) in [5, 5.41) is 9.52. The highest BCUT2D eigenvalue weighted by molar-refractivity contribution is 5.08. The fourth-order valence-electron chi connectivity index (χ4n) is 1.05. The molecule has 2 heteroatoms. The molecule has 0 bridgehead atoms. The van der Waals surface area contributed by atoms with E-state index in [1.807, 2.05) is 0 Å². The van der Waals surface area contributed by atoms with Crippen LogP contribution >= 0.6 is 0 Å². The Bertz CT molecular complexity index is 189. The molecule has 0 aliphatic heterocycles. The van der Waals surface area contributed by atoms with Gasteiger partial charge in [-0.25, -0.2) is 0 Å². The molecule has 0 spiro atoms. The molecule has 1 aromatic rings. The van der Waals surface area contributed by atoms with Crippen LogP contribution in [0, 0.1) is 5.92 Å². The Morgan fingerprint density at radius 2 is 2.27 bits per heavy atom. The fraction of sp³-hybridized carbons (Fsp3) is 0.556. The van der Waals surface area contributed by atoms with Crippen LogP contribution in [-0.4, -0.2) is 5.11 Å². The van der Waals surface area contributed by atoms with Gasteiger partial charge in [-0.15, -0.1) is 0 Å². The maximum atomic E-state index is 9.52. The Kier molecular flexibility index (Phi) is 2.71. The molecule has 1 rings (SSSR count). The molecule has 1 aromatic heterocycles. The Labute approximate surface area is 66.8 Å². The third kappa shape index (κ3) is 2.39. The van der Waals surface area contributed by atoms with Crippen molar-refractivity contribution >= 4 is 0 Å². The summed E-state index contributed by atoms with van der Waals surface area (Å²) in [6.45, 7) is 4.17. The number of hydrogen-bond donors (Lipinski definition) is 1. The first-order valence-corrected chi connectivity index (χ1v) is 3.90. The quantitative estimate of drug-likeness (QED) is 0.725. The van der Waals surface area contributed by atoms with Crippen molar-refractivity contribution in [3.8, 4) is 0 Å². The molecule has 1 unspecified atom stereocenters. The van der Waals surface area contributed by atoms with Crippen LogP contribution in [-0.2, 0) is 0 Å². The molecule has 0 saturated heterocycles. The minimum atomic E-state index is -0.367. The molecule has 1 atom stereocenters. The number of rotatable bonds is 3. The summed E-state index contributed by atoms with van der Waals surface area (Å²) in [5.74, 6) is 0.514. The van der Waals surface area contributed by atoms with Crippen molar-refractivity contribution in [2.75, 3.05) is 0 Å². The van der Waals surface area contributed by atoms with E-state index in [1.54, 1.807) is 18.6 Å². The normalized spacial score (nSPS) is 13.8. The zero-order chi connectivity index (χ0) is 8.27. The molecular formula is C9H14O2. The van der Waals surface area contributed by atoms with Crippen LogP contribution in [0.2, 0.25) is 0 Å². The van der Waals surface area contributed by atoms with Crippen LogP contribution in [0.25, 0.3) is 0 Å². The molecule has 0 amide bonds. The molecule has 0 aliphatic rings. The van der Waals surface area contributed by atoms with Gasteiger partial charge in [0.15, 0.2) is 0 Å². The minimum Gasteiger partial charge on any atom is -0.472 e. The average molecular weight is 154 g/mol. The smallest absolute Gasteiger partial charge is 0.0960 e. The number of furan rings is 1. The summed E-state index contributed by atoms with van der Waals surface area (Å²) < 4.78 is 4.86. The molecule has 1 N–H and O–H groups in total. The third-order valence-corrected chi connectivity index (χ3v) is 1.62. The summed E-state index contributed by atoms with van der Waals surface area (Å²) in [6.07, 6.45) is 3.60. The highest BCUT2D eigenvalue weighted by Crippen LogP contribution is 2.20. The van der Waals surface area contributed by atoms with Crippen LogP contribution in [0.4, 0.5) is 0 Å². The van der Waals surface area contributed by atoms with E-state index in [-0.39, 0.29) is 6.10 Å². The van der Waals surface area contributed by atoms with E-state index >= 15 is 0 Å². The molecule has 1 heterocycles. The van der Waals surface area contributed by atoms with Crippen LogP contribution < -0.4 is 0 Å². The van der Waals surface area contributed by atoms with E-state index in [0.717, 1.165) is 12.0 Å². The van der Waals surface area contributed by atoms with Gasteiger partial charge in [-0.3, -0.25) is 0 Å². The highest BCUT2D eigenvalue weighted by Gasteiger charge is 2.09. The zero-order valence-electron chi connectivity index (χ0n) is 6.95. The Hall–Kier alpha value is -0.760. The van der Waals surface area contributed by atoms with Crippen molar-refractivity contribution in [2.24, 2.45) is 5.92 Å². The molecule has 0 aliphatic carbocycles. The summed E-state index contributed by atoms with van der Waals surface area (Å²) >= 11 is 0. The van der Waals surface area contributed by atoms with Crippen LogP contribution in [0.5, 0.6) is 0 Å². The van der Waals surface area contributed by atoms with E-state index < -0.39 is 0 Å². The van der Waals surface area contributed by atoms with E-state index in [1.165, 1.54) is 0 Å². The average Bonchev–Trinajstić information content (AvgIpc) is 2.35. The van der Waals surface area contributed by atoms with Gasteiger partial charge in [0.2, 0.25) is 0 Å². The first-order valence-electron chi connectivity index (χ1n) is 3.90. The van der Waals surface area contributed by atoms with Crippen molar-refractivity contribution in [3.63, 3.8) is 0 Å². The van der Waals surface area contributed by atoms with Gasteiger partial charge in [-0.2, -0.15) is 0 Å². The van der Waals surface area contributed by atoms with E-state index in [0.29, 0.717) is 5.92 Å². The largest absolute Gasteiger partial charge is 0.472 e. The molecule has 62 valence electrons. The number of hydrogen-bond acceptors (Lipinski definition) is 2. The zero-order valence-corrected chi connectivity index (χ0v) is 6.95. The highest BCUT2D eigenvalue weighted by atomic mass is 16.3. The summed E-state index contributed by atoms with van der Waals surface area (Å²) in [5.41, 5.74) is 0.874. The number of aliphatic hydroxyl groups is 1. The predicted molar refractivity (Wildman–Crippen MR) is 43.1 cm³/mol. The molecule has 0 radical (unpaired) electrons. The van der Waals surface area contributed by atoms with Crippen molar-refractivity contribution < 1.29 is 9.52 Å². The Balaban J connectivity index is 2.49. The Morgan fingerprint density at radius 1 is 1.55 bits per heavy atom. The predicted octanol–water partition coefficient (Wildman–Crippen LogP) is 2.36. The fourth-order valence-corrected chi connectivity index (χ4v) is 1.05. The van der Waals surface area contributed by atoms with Gasteiger partial charge in [0.05, 0.1) is 18.6 Å². The van der Waals surface area contributed by atoms with Crippen molar-refractivity contribution in [3.05, 3.63) is 24.2 Å². The second kappa shape index (κ2) is 3.58. The molecule has 0 fully saturated rings. The second-order valence-electron chi connectivity index (χ2n) is 3.20. The monoisotopic (exact) mass is 154 g/mol. The van der Waals surface area contributed by atoms with Gasteiger partial charge in [0.1, 0.15) is 0 Å². The lowest BCUT2D eigenvalue weighted by Gasteiger charge is -2.09. The first kappa shape index (κ1) is 8.34. The van der Waals surface area contributed by atoms with Crippen LogP contribution in [0.3, 0.4) is 0 Å². The summed E-state index contributed by atoms with van der Waals surface area (Å²) in [6, 6.07) is 1.80. The van der Waals surface area contributed by atoms with Crippen LogP contribution in [0.1, 0.15) is 31.9 Å². The topological polar surface area (TPSA) is 33.4 Å². The van der Waals surface area contributed by atoms with E-state index in [4.69, 9.17) is 4.42 Å². The number of aliphatic hydroxyl groups excluding tert-OH is 1. The van der Waals surface area contributed by atoms with Gasteiger partial charge in [0, 0.05) is 5.56 Å². The summed E-state index contributed by atoms with van der Waals surface area (Å²) in [7, 11) is 0. The van der Waals surface area contributed by atoms with Gasteiger partial charge in [0.25, 0.3) is 0 Å². The minimum absolute atomic E-state index is 0.367. The molecular weight excluding hydrogens is 140 g/mol. The summed E-state index contributed by atoms with van der Waals surface area (Å²) in [4.78, 5) is 0. The third-order valence-electron chi connectivity index (χ3n) is 1.62. The lowest BCUT2D eigenvalue weighted by molar-refractivity contribution is 0.150. The standard InChI is InChI=1S/C9H14O2/c1-7(2)5-9(10)8-3-4-11-6-8/h3-4,6-7,9-10H,5H2,1-2H3. The maximum absolute atomic E-state index is 9.52. The maximum Gasteiger partial charge on any atom is 0.0960 e.